The Morgan fingerprint density at radius 3 is 2.64 bits per heavy atom. The summed E-state index contributed by atoms with van der Waals surface area (Å²) in [6, 6.07) is 16.8. The molecule has 28 heavy (non-hydrogen) atoms. The summed E-state index contributed by atoms with van der Waals surface area (Å²) in [6.45, 7) is 2.83. The van der Waals surface area contributed by atoms with Gasteiger partial charge in [0.1, 0.15) is 0 Å². The van der Waals surface area contributed by atoms with Crippen LogP contribution in [0.1, 0.15) is 23.4 Å². The molecule has 1 fully saturated rings. The lowest BCUT2D eigenvalue weighted by molar-refractivity contribution is -0.121. The van der Waals surface area contributed by atoms with Crippen LogP contribution in [-0.2, 0) is 17.8 Å². The molecule has 1 aliphatic heterocycles. The quantitative estimate of drug-likeness (QED) is 0.622. The van der Waals surface area contributed by atoms with E-state index in [1.165, 1.54) is 21.9 Å². The van der Waals surface area contributed by atoms with Crippen LogP contribution in [0.15, 0.2) is 48.5 Å². The standard InChI is InChI=1S/C22H25N3OS2/c26-21(6-3-7-22-24-19-4-1-2-5-20(19)28-22)23-16-17-8-10-18(11-9-17)25-12-14-27-15-13-25/h1-2,4-5,8-11H,3,6-7,12-16H2,(H,23,26). The summed E-state index contributed by atoms with van der Waals surface area (Å²) in [4.78, 5) is 19.2. The van der Waals surface area contributed by atoms with Crippen molar-refractivity contribution in [3.05, 3.63) is 59.1 Å². The van der Waals surface area contributed by atoms with Crippen LogP contribution >= 0.6 is 23.1 Å². The van der Waals surface area contributed by atoms with Crippen LogP contribution in [-0.4, -0.2) is 35.5 Å². The van der Waals surface area contributed by atoms with E-state index in [1.54, 1.807) is 11.3 Å². The minimum atomic E-state index is 0.109. The number of nitrogens with one attached hydrogen (secondary N) is 1. The van der Waals surface area contributed by atoms with E-state index in [9.17, 15) is 4.79 Å². The number of hydrogen-bond donors (Lipinski definition) is 1. The van der Waals surface area contributed by atoms with Gasteiger partial charge in [0.25, 0.3) is 0 Å². The summed E-state index contributed by atoms with van der Waals surface area (Å²) < 4.78 is 1.22. The largest absolute Gasteiger partial charge is 0.370 e. The molecule has 2 aromatic carbocycles. The summed E-state index contributed by atoms with van der Waals surface area (Å²) in [7, 11) is 0. The van der Waals surface area contributed by atoms with Gasteiger partial charge in [-0.2, -0.15) is 11.8 Å². The number of aromatic nitrogens is 1. The number of rotatable bonds is 7. The Morgan fingerprint density at radius 1 is 1.07 bits per heavy atom. The van der Waals surface area contributed by atoms with Crippen molar-refractivity contribution < 1.29 is 4.79 Å². The van der Waals surface area contributed by atoms with E-state index >= 15 is 0 Å². The highest BCUT2D eigenvalue weighted by Gasteiger charge is 2.11. The number of thiazole rings is 1. The van der Waals surface area contributed by atoms with Gasteiger partial charge in [-0.05, 0) is 42.7 Å². The molecular weight excluding hydrogens is 386 g/mol. The van der Waals surface area contributed by atoms with E-state index in [0.29, 0.717) is 13.0 Å². The molecule has 1 aliphatic rings. The molecule has 1 aromatic heterocycles. The summed E-state index contributed by atoms with van der Waals surface area (Å²) >= 11 is 3.75. The summed E-state index contributed by atoms with van der Waals surface area (Å²) in [6.07, 6.45) is 2.23. The van der Waals surface area contributed by atoms with E-state index in [-0.39, 0.29) is 5.91 Å². The Morgan fingerprint density at radius 2 is 1.86 bits per heavy atom. The molecule has 0 atom stereocenters. The van der Waals surface area contributed by atoms with Crippen LogP contribution < -0.4 is 10.2 Å². The molecule has 6 heteroatoms. The molecule has 1 saturated heterocycles. The molecule has 146 valence electrons. The van der Waals surface area contributed by atoms with E-state index < -0.39 is 0 Å². The van der Waals surface area contributed by atoms with E-state index in [2.05, 4.69) is 45.5 Å². The Hall–Kier alpha value is -2.05. The third-order valence-corrected chi connectivity index (χ3v) is 6.97. The van der Waals surface area contributed by atoms with Crippen LogP contribution in [0.3, 0.4) is 0 Å². The zero-order valence-electron chi connectivity index (χ0n) is 15.9. The maximum Gasteiger partial charge on any atom is 0.220 e. The zero-order valence-corrected chi connectivity index (χ0v) is 17.5. The summed E-state index contributed by atoms with van der Waals surface area (Å²) in [5.41, 5.74) is 3.49. The highest BCUT2D eigenvalue weighted by atomic mass is 32.2. The fourth-order valence-electron chi connectivity index (χ4n) is 3.36. The van der Waals surface area contributed by atoms with Crippen LogP contribution in [0.2, 0.25) is 0 Å². The molecule has 0 unspecified atom stereocenters. The van der Waals surface area contributed by atoms with Gasteiger partial charge in [-0.1, -0.05) is 24.3 Å². The van der Waals surface area contributed by atoms with Gasteiger partial charge in [0, 0.05) is 43.2 Å². The SMILES string of the molecule is O=C(CCCc1nc2ccccc2s1)NCc1ccc(N2CCSCC2)cc1. The average Bonchev–Trinajstić information content (AvgIpc) is 3.16. The van der Waals surface area contributed by atoms with Gasteiger partial charge in [0.2, 0.25) is 5.91 Å². The molecule has 0 spiro atoms. The summed E-state index contributed by atoms with van der Waals surface area (Å²) in [5, 5.41) is 4.15. The number of benzene rings is 2. The maximum atomic E-state index is 12.2. The fraction of sp³-hybridized carbons (Fsp3) is 0.364. The first-order chi connectivity index (χ1) is 13.8. The van der Waals surface area contributed by atoms with Crippen LogP contribution in [0.5, 0.6) is 0 Å². The molecule has 3 aromatic rings. The van der Waals surface area contributed by atoms with E-state index in [4.69, 9.17) is 0 Å². The number of thioether (sulfide) groups is 1. The summed E-state index contributed by atoms with van der Waals surface area (Å²) in [5.74, 6) is 2.52. The normalized spacial score (nSPS) is 14.4. The van der Waals surface area contributed by atoms with Crippen molar-refractivity contribution in [2.24, 2.45) is 0 Å². The Labute approximate surface area is 174 Å². The molecule has 0 aliphatic carbocycles. The second-order valence-electron chi connectivity index (χ2n) is 6.97. The third-order valence-electron chi connectivity index (χ3n) is 4.93. The molecule has 1 N–H and O–H groups in total. The number of anilines is 1. The lowest BCUT2D eigenvalue weighted by Crippen LogP contribution is -2.32. The average molecular weight is 412 g/mol. The molecule has 4 nitrogen and oxygen atoms in total. The van der Waals surface area contributed by atoms with Crippen molar-refractivity contribution in [1.82, 2.24) is 10.3 Å². The van der Waals surface area contributed by atoms with Crippen molar-refractivity contribution in [3.63, 3.8) is 0 Å². The number of amides is 1. The predicted octanol–water partition coefficient (Wildman–Crippen LogP) is 4.49. The molecule has 0 bridgehead atoms. The number of para-hydroxylation sites is 1. The maximum absolute atomic E-state index is 12.2. The number of carbonyl (C=O) groups excluding carboxylic acids is 1. The topological polar surface area (TPSA) is 45.2 Å². The van der Waals surface area contributed by atoms with Gasteiger partial charge in [-0.15, -0.1) is 11.3 Å². The van der Waals surface area contributed by atoms with Crippen molar-refractivity contribution >= 4 is 44.9 Å². The van der Waals surface area contributed by atoms with Crippen molar-refractivity contribution in [1.29, 1.82) is 0 Å². The van der Waals surface area contributed by atoms with Crippen LogP contribution in [0.25, 0.3) is 10.2 Å². The van der Waals surface area contributed by atoms with Gasteiger partial charge in [-0.25, -0.2) is 4.98 Å². The van der Waals surface area contributed by atoms with Crippen molar-refractivity contribution in [3.8, 4) is 0 Å². The Balaban J connectivity index is 1.19. The minimum absolute atomic E-state index is 0.109. The number of nitrogens with zero attached hydrogens (tertiary/aromatic N) is 2. The first-order valence-corrected chi connectivity index (χ1v) is 11.8. The highest BCUT2D eigenvalue weighted by molar-refractivity contribution is 7.99. The Kier molecular flexibility index (Phi) is 6.49. The first kappa shape index (κ1) is 19.3. The van der Waals surface area contributed by atoms with E-state index in [0.717, 1.165) is 42.0 Å². The molecule has 4 rings (SSSR count). The molecule has 1 amide bonds. The highest BCUT2D eigenvalue weighted by Crippen LogP contribution is 2.23. The molecule has 0 radical (unpaired) electrons. The fourth-order valence-corrected chi connectivity index (χ4v) is 5.27. The number of fused-ring (bicyclic) bond motifs is 1. The second kappa shape index (κ2) is 9.43. The van der Waals surface area contributed by atoms with Crippen LogP contribution in [0.4, 0.5) is 5.69 Å². The molecule has 2 heterocycles. The lowest BCUT2D eigenvalue weighted by Gasteiger charge is -2.28. The number of aryl methyl sites for hydroxylation is 1. The Bertz CT molecular complexity index is 884. The first-order valence-electron chi connectivity index (χ1n) is 9.81. The van der Waals surface area contributed by atoms with Gasteiger partial charge >= 0.3 is 0 Å². The molecule has 0 saturated carbocycles. The van der Waals surface area contributed by atoms with E-state index in [1.807, 2.05) is 30.0 Å². The van der Waals surface area contributed by atoms with Crippen molar-refractivity contribution in [2.75, 3.05) is 29.5 Å². The van der Waals surface area contributed by atoms with Crippen molar-refractivity contribution in [2.45, 2.75) is 25.8 Å². The lowest BCUT2D eigenvalue weighted by atomic mass is 10.2. The minimum Gasteiger partial charge on any atom is -0.370 e. The third kappa shape index (κ3) is 5.06. The second-order valence-corrected chi connectivity index (χ2v) is 9.31. The molecular formula is C22H25N3OS2. The zero-order chi connectivity index (χ0) is 19.2. The van der Waals surface area contributed by atoms with Gasteiger partial charge in [0.15, 0.2) is 0 Å². The number of carbonyl (C=O) groups is 1. The monoisotopic (exact) mass is 411 g/mol. The van der Waals surface area contributed by atoms with Gasteiger partial charge in [0.05, 0.1) is 15.2 Å². The van der Waals surface area contributed by atoms with Gasteiger partial charge < -0.3 is 10.2 Å². The van der Waals surface area contributed by atoms with Gasteiger partial charge in [-0.3, -0.25) is 4.79 Å². The smallest absolute Gasteiger partial charge is 0.220 e. The number of hydrogen-bond acceptors (Lipinski definition) is 5. The van der Waals surface area contributed by atoms with Crippen LogP contribution in [0, 0.1) is 0 Å². The predicted molar refractivity (Wildman–Crippen MR) is 120 cm³/mol.